The first-order valence-electron chi connectivity index (χ1n) is 11.9. The molecule has 3 aromatic rings. The maximum atomic E-state index is 12.9. The predicted molar refractivity (Wildman–Crippen MR) is 135 cm³/mol. The lowest BCUT2D eigenvalue weighted by Gasteiger charge is -2.15. The molecule has 0 amide bonds. The molecular formula is C28H31F3O4S. The number of carboxylic acid groups (broad SMARTS) is 1. The number of aryl methyl sites for hydroxylation is 2. The number of carbonyl (C=O) groups is 1. The van der Waals surface area contributed by atoms with E-state index in [0.717, 1.165) is 46.8 Å². The Balaban J connectivity index is 1.78. The minimum absolute atomic E-state index is 0.367. The Labute approximate surface area is 213 Å². The predicted octanol–water partition coefficient (Wildman–Crippen LogP) is 8.40. The Bertz CT molecular complexity index is 1170. The zero-order valence-electron chi connectivity index (χ0n) is 20.8. The summed E-state index contributed by atoms with van der Waals surface area (Å²) in [6.45, 7) is 7.91. The minimum atomic E-state index is -4.38. The van der Waals surface area contributed by atoms with Gasteiger partial charge in [0.15, 0.2) is 6.10 Å². The summed E-state index contributed by atoms with van der Waals surface area (Å²) in [4.78, 5) is 12.3. The molecule has 194 valence electrons. The number of hydrogen-bond donors (Lipinski definition) is 1. The SMILES string of the molecule is CCC(Oc1ccc(SCc2cc(-c3ccc(C(F)(F)F)cc3)oc2CCC(C)C)cc1C)C(=O)O. The number of benzene rings is 2. The quantitative estimate of drug-likeness (QED) is 0.257. The first kappa shape index (κ1) is 27.7. The van der Waals surface area contributed by atoms with Crippen LogP contribution in [0.2, 0.25) is 0 Å². The van der Waals surface area contributed by atoms with Gasteiger partial charge in [0.25, 0.3) is 0 Å². The molecule has 0 saturated carbocycles. The summed E-state index contributed by atoms with van der Waals surface area (Å²) >= 11 is 1.61. The summed E-state index contributed by atoms with van der Waals surface area (Å²) in [5.74, 6) is 2.06. The van der Waals surface area contributed by atoms with E-state index in [1.807, 2.05) is 25.1 Å². The zero-order chi connectivity index (χ0) is 26.5. The molecule has 0 bridgehead atoms. The standard InChI is InChI=1S/C28H31F3O4S/c1-5-23(27(32)33)34-24-13-11-22(14-18(24)4)36-16-20-15-26(35-25(20)12-6-17(2)3)19-7-9-21(10-8-19)28(29,30)31/h7-11,13-15,17,23H,5-6,12,16H2,1-4H3,(H,32,33). The Morgan fingerprint density at radius 1 is 1.11 bits per heavy atom. The van der Waals surface area contributed by atoms with Crippen molar-refractivity contribution in [3.63, 3.8) is 0 Å². The van der Waals surface area contributed by atoms with Gasteiger partial charge in [-0.1, -0.05) is 32.9 Å². The van der Waals surface area contributed by atoms with E-state index >= 15 is 0 Å². The number of thioether (sulfide) groups is 1. The fourth-order valence-electron chi connectivity index (χ4n) is 3.65. The Morgan fingerprint density at radius 2 is 1.81 bits per heavy atom. The van der Waals surface area contributed by atoms with Crippen molar-refractivity contribution in [2.75, 3.05) is 0 Å². The molecule has 1 atom stereocenters. The molecule has 8 heteroatoms. The molecule has 1 heterocycles. The molecule has 4 nitrogen and oxygen atoms in total. The van der Waals surface area contributed by atoms with Crippen molar-refractivity contribution in [3.05, 3.63) is 71.0 Å². The smallest absolute Gasteiger partial charge is 0.416 e. The number of ether oxygens (including phenoxy) is 1. The van der Waals surface area contributed by atoms with Gasteiger partial charge in [-0.2, -0.15) is 13.2 Å². The van der Waals surface area contributed by atoms with Gasteiger partial charge >= 0.3 is 12.1 Å². The average molecular weight is 521 g/mol. The zero-order valence-corrected chi connectivity index (χ0v) is 21.6. The second kappa shape index (κ2) is 11.9. The summed E-state index contributed by atoms with van der Waals surface area (Å²) in [5, 5.41) is 9.24. The van der Waals surface area contributed by atoms with Crippen molar-refractivity contribution < 1.29 is 32.2 Å². The molecule has 0 aliphatic heterocycles. The molecule has 0 spiro atoms. The number of rotatable bonds is 11. The van der Waals surface area contributed by atoms with Gasteiger partial charge in [-0.25, -0.2) is 4.79 Å². The van der Waals surface area contributed by atoms with Crippen molar-refractivity contribution >= 4 is 17.7 Å². The van der Waals surface area contributed by atoms with E-state index in [-0.39, 0.29) is 0 Å². The molecule has 0 fully saturated rings. The monoisotopic (exact) mass is 520 g/mol. The van der Waals surface area contributed by atoms with Gasteiger partial charge in [0.2, 0.25) is 0 Å². The highest BCUT2D eigenvalue weighted by molar-refractivity contribution is 7.98. The first-order valence-corrected chi connectivity index (χ1v) is 12.9. The van der Waals surface area contributed by atoms with Crippen LogP contribution < -0.4 is 4.74 Å². The molecule has 0 saturated heterocycles. The van der Waals surface area contributed by atoms with Crippen LogP contribution in [0.15, 0.2) is 57.8 Å². The van der Waals surface area contributed by atoms with Gasteiger partial charge in [0, 0.05) is 28.2 Å². The maximum absolute atomic E-state index is 12.9. The van der Waals surface area contributed by atoms with Crippen LogP contribution in [0.1, 0.15) is 56.1 Å². The van der Waals surface area contributed by atoms with Gasteiger partial charge in [-0.3, -0.25) is 0 Å². The van der Waals surface area contributed by atoms with E-state index in [1.165, 1.54) is 12.1 Å². The van der Waals surface area contributed by atoms with Crippen molar-refractivity contribution in [2.45, 2.75) is 69.9 Å². The van der Waals surface area contributed by atoms with E-state index in [0.29, 0.717) is 35.2 Å². The Morgan fingerprint density at radius 3 is 2.36 bits per heavy atom. The van der Waals surface area contributed by atoms with Gasteiger partial charge in [0.1, 0.15) is 17.3 Å². The first-order chi connectivity index (χ1) is 17.0. The summed E-state index contributed by atoms with van der Waals surface area (Å²) in [5.41, 5.74) is 1.76. The van der Waals surface area contributed by atoms with Gasteiger partial charge in [-0.05, 0) is 67.6 Å². The van der Waals surface area contributed by atoms with Crippen LogP contribution in [-0.2, 0) is 23.1 Å². The largest absolute Gasteiger partial charge is 0.479 e. The van der Waals surface area contributed by atoms with E-state index in [1.54, 1.807) is 24.8 Å². The number of carboxylic acids is 1. The normalized spacial score (nSPS) is 12.7. The van der Waals surface area contributed by atoms with Crippen LogP contribution in [0.5, 0.6) is 5.75 Å². The molecule has 36 heavy (non-hydrogen) atoms. The van der Waals surface area contributed by atoms with Crippen molar-refractivity contribution in [3.8, 4) is 17.1 Å². The number of aliphatic carboxylic acids is 1. The van der Waals surface area contributed by atoms with Crippen molar-refractivity contribution in [1.82, 2.24) is 0 Å². The number of furan rings is 1. The van der Waals surface area contributed by atoms with Crippen LogP contribution in [-0.4, -0.2) is 17.2 Å². The molecule has 1 N–H and O–H groups in total. The van der Waals surface area contributed by atoms with Gasteiger partial charge in [-0.15, -0.1) is 11.8 Å². The third-order valence-corrected chi connectivity index (χ3v) is 6.84. The molecule has 1 aromatic heterocycles. The summed E-state index contributed by atoms with van der Waals surface area (Å²) in [7, 11) is 0. The lowest BCUT2D eigenvalue weighted by Crippen LogP contribution is -2.26. The summed E-state index contributed by atoms with van der Waals surface area (Å²) in [6.07, 6.45) is -3.22. The van der Waals surface area contributed by atoms with Crippen LogP contribution in [0.25, 0.3) is 11.3 Å². The van der Waals surface area contributed by atoms with Crippen LogP contribution in [0.4, 0.5) is 13.2 Å². The molecular weight excluding hydrogens is 489 g/mol. The van der Waals surface area contributed by atoms with Crippen molar-refractivity contribution in [1.29, 1.82) is 0 Å². The lowest BCUT2D eigenvalue weighted by atomic mass is 10.1. The molecule has 2 aromatic carbocycles. The third kappa shape index (κ3) is 7.32. The van der Waals surface area contributed by atoms with E-state index < -0.39 is 23.8 Å². The second-order valence-electron chi connectivity index (χ2n) is 9.14. The second-order valence-corrected chi connectivity index (χ2v) is 10.2. The molecule has 0 aliphatic rings. The highest BCUT2D eigenvalue weighted by atomic mass is 32.2. The number of halogens is 3. The van der Waals surface area contributed by atoms with Crippen LogP contribution >= 0.6 is 11.8 Å². The Kier molecular flexibility index (Phi) is 9.17. The number of alkyl halides is 3. The molecule has 0 radical (unpaired) electrons. The maximum Gasteiger partial charge on any atom is 0.416 e. The average Bonchev–Trinajstić information content (AvgIpc) is 3.23. The highest BCUT2D eigenvalue weighted by Gasteiger charge is 2.30. The topological polar surface area (TPSA) is 59.7 Å². The number of hydrogen-bond acceptors (Lipinski definition) is 4. The van der Waals surface area contributed by atoms with Crippen LogP contribution in [0.3, 0.4) is 0 Å². The fraction of sp³-hybridized carbons (Fsp3) is 0.393. The lowest BCUT2D eigenvalue weighted by molar-refractivity contribution is -0.145. The molecule has 3 rings (SSSR count). The van der Waals surface area contributed by atoms with E-state index in [9.17, 15) is 23.1 Å². The highest BCUT2D eigenvalue weighted by Crippen LogP contribution is 2.35. The minimum Gasteiger partial charge on any atom is -0.479 e. The van der Waals surface area contributed by atoms with Gasteiger partial charge in [0.05, 0.1) is 5.56 Å². The third-order valence-electron chi connectivity index (χ3n) is 5.80. The van der Waals surface area contributed by atoms with Crippen LogP contribution in [0, 0.1) is 12.8 Å². The Hall–Kier alpha value is -2.87. The van der Waals surface area contributed by atoms with E-state index in [2.05, 4.69) is 13.8 Å². The summed E-state index contributed by atoms with van der Waals surface area (Å²) in [6, 6.07) is 12.6. The molecule has 1 unspecified atom stereocenters. The van der Waals surface area contributed by atoms with E-state index in [4.69, 9.17) is 9.15 Å². The fourth-order valence-corrected chi connectivity index (χ4v) is 4.64. The van der Waals surface area contributed by atoms with Crippen molar-refractivity contribution in [2.24, 2.45) is 5.92 Å². The summed E-state index contributed by atoms with van der Waals surface area (Å²) < 4.78 is 50.6. The molecule has 0 aliphatic carbocycles. The van der Waals surface area contributed by atoms with Gasteiger partial charge < -0.3 is 14.3 Å².